The minimum absolute atomic E-state index is 0.0662. The van der Waals surface area contributed by atoms with E-state index in [2.05, 4.69) is 18.6 Å². The molecule has 0 aliphatic heterocycles. The maximum Gasteiger partial charge on any atom is 0.215 e. The van der Waals surface area contributed by atoms with E-state index in [0.29, 0.717) is 0 Å². The number of sulfonamides is 1. The fraction of sp³-hybridized carbons (Fsp3) is 1.00. The second-order valence-corrected chi connectivity index (χ2v) is 7.27. The molecule has 1 rings (SSSR count). The first-order valence-electron chi connectivity index (χ1n) is 5.51. The number of nitrogens with one attached hydrogen (secondary N) is 1. The molecule has 1 fully saturated rings. The van der Waals surface area contributed by atoms with Crippen LogP contribution in [0, 0.1) is 5.41 Å². The molecule has 0 aromatic carbocycles. The summed E-state index contributed by atoms with van der Waals surface area (Å²) in [6, 6.07) is 0.0662. The molecule has 0 heterocycles. The van der Waals surface area contributed by atoms with Gasteiger partial charge in [0.15, 0.2) is 0 Å². The Hall–Kier alpha value is -0.130. The van der Waals surface area contributed by atoms with E-state index < -0.39 is 15.3 Å². The van der Waals surface area contributed by atoms with Gasteiger partial charge in [-0.3, -0.25) is 0 Å². The lowest BCUT2D eigenvalue weighted by molar-refractivity contribution is 0.312. The molecular weight excluding hydrogens is 212 g/mol. The first-order valence-corrected chi connectivity index (χ1v) is 7.05. The first kappa shape index (κ1) is 12.9. The van der Waals surface area contributed by atoms with Gasteiger partial charge in [-0.25, -0.2) is 13.1 Å². The molecule has 0 aromatic rings. The van der Waals surface area contributed by atoms with E-state index in [0.717, 1.165) is 19.3 Å². The Morgan fingerprint density at radius 1 is 1.53 bits per heavy atom. The number of nitrogens with two attached hydrogens (primary N) is 1. The average Bonchev–Trinajstić information content (AvgIpc) is 2.44. The summed E-state index contributed by atoms with van der Waals surface area (Å²) in [5.41, 5.74) is 5.45. The summed E-state index contributed by atoms with van der Waals surface area (Å²) >= 11 is 0. The molecule has 5 heteroatoms. The fourth-order valence-electron chi connectivity index (χ4n) is 1.99. The average molecular weight is 234 g/mol. The van der Waals surface area contributed by atoms with E-state index in [1.54, 1.807) is 6.92 Å². The van der Waals surface area contributed by atoms with Gasteiger partial charge >= 0.3 is 0 Å². The Balaban J connectivity index is 2.70. The zero-order chi connectivity index (χ0) is 11.7. The molecule has 0 radical (unpaired) electrons. The van der Waals surface area contributed by atoms with Crippen molar-refractivity contribution in [3.63, 3.8) is 0 Å². The van der Waals surface area contributed by atoms with Crippen molar-refractivity contribution < 1.29 is 8.42 Å². The molecule has 15 heavy (non-hydrogen) atoms. The van der Waals surface area contributed by atoms with E-state index in [-0.39, 0.29) is 18.0 Å². The second-order valence-electron chi connectivity index (χ2n) is 5.14. The van der Waals surface area contributed by atoms with Gasteiger partial charge in [-0.15, -0.1) is 0 Å². The van der Waals surface area contributed by atoms with Crippen molar-refractivity contribution in [2.45, 2.75) is 51.3 Å². The molecule has 0 aromatic heterocycles. The highest BCUT2D eigenvalue weighted by molar-refractivity contribution is 7.90. The summed E-state index contributed by atoms with van der Waals surface area (Å²) in [6.45, 7) is 6.04. The monoisotopic (exact) mass is 234 g/mol. The van der Waals surface area contributed by atoms with Crippen LogP contribution >= 0.6 is 0 Å². The van der Waals surface area contributed by atoms with E-state index in [9.17, 15) is 8.42 Å². The molecule has 2 unspecified atom stereocenters. The Morgan fingerprint density at radius 2 is 2.13 bits per heavy atom. The zero-order valence-corrected chi connectivity index (χ0v) is 10.6. The van der Waals surface area contributed by atoms with Crippen LogP contribution in [0.25, 0.3) is 0 Å². The number of hydrogen-bond donors (Lipinski definition) is 2. The van der Waals surface area contributed by atoms with Crippen molar-refractivity contribution in [3.8, 4) is 0 Å². The second kappa shape index (κ2) is 4.39. The topological polar surface area (TPSA) is 72.2 Å². The minimum Gasteiger partial charge on any atom is -0.329 e. The van der Waals surface area contributed by atoms with Gasteiger partial charge in [-0.2, -0.15) is 0 Å². The lowest BCUT2D eigenvalue weighted by Crippen LogP contribution is -2.46. The van der Waals surface area contributed by atoms with Crippen LogP contribution in [0.3, 0.4) is 0 Å². The molecule has 2 atom stereocenters. The predicted molar refractivity (Wildman–Crippen MR) is 62.0 cm³/mol. The van der Waals surface area contributed by atoms with Gasteiger partial charge < -0.3 is 5.73 Å². The Kier molecular flexibility index (Phi) is 3.79. The van der Waals surface area contributed by atoms with Crippen molar-refractivity contribution >= 4 is 10.0 Å². The summed E-state index contributed by atoms with van der Waals surface area (Å²) in [4.78, 5) is 0. The number of hydrogen-bond acceptors (Lipinski definition) is 3. The van der Waals surface area contributed by atoms with E-state index in [4.69, 9.17) is 5.73 Å². The molecule has 0 bridgehead atoms. The zero-order valence-electron chi connectivity index (χ0n) is 9.79. The molecule has 3 N–H and O–H groups in total. The van der Waals surface area contributed by atoms with Gasteiger partial charge in [-0.1, -0.05) is 20.3 Å². The quantitative estimate of drug-likeness (QED) is 0.757. The summed E-state index contributed by atoms with van der Waals surface area (Å²) in [5.74, 6) is 0. The van der Waals surface area contributed by atoms with Crippen LogP contribution in [0.5, 0.6) is 0 Å². The molecular formula is C10H22N2O2S. The number of rotatable bonds is 4. The third kappa shape index (κ3) is 2.92. The summed E-state index contributed by atoms with van der Waals surface area (Å²) < 4.78 is 26.4. The van der Waals surface area contributed by atoms with Gasteiger partial charge in [0, 0.05) is 12.6 Å². The van der Waals surface area contributed by atoms with Crippen molar-refractivity contribution in [3.05, 3.63) is 0 Å². The minimum atomic E-state index is -3.24. The van der Waals surface area contributed by atoms with Gasteiger partial charge in [0.2, 0.25) is 10.0 Å². The normalized spacial score (nSPS) is 27.9. The SMILES string of the molecule is CC(CN)S(=O)(=O)NC1CCCC1(C)C. The highest BCUT2D eigenvalue weighted by Crippen LogP contribution is 2.37. The van der Waals surface area contributed by atoms with Crippen LogP contribution in [-0.2, 0) is 10.0 Å². The first-order chi connectivity index (χ1) is 6.79. The van der Waals surface area contributed by atoms with Crippen molar-refractivity contribution in [1.82, 2.24) is 4.72 Å². The van der Waals surface area contributed by atoms with E-state index >= 15 is 0 Å². The van der Waals surface area contributed by atoms with Crippen LogP contribution in [0.1, 0.15) is 40.0 Å². The molecule has 1 aliphatic rings. The van der Waals surface area contributed by atoms with Crippen molar-refractivity contribution in [2.75, 3.05) is 6.54 Å². The van der Waals surface area contributed by atoms with Crippen LogP contribution < -0.4 is 10.5 Å². The lowest BCUT2D eigenvalue weighted by Gasteiger charge is -2.28. The lowest BCUT2D eigenvalue weighted by atomic mass is 9.88. The van der Waals surface area contributed by atoms with Crippen LogP contribution in [0.15, 0.2) is 0 Å². The van der Waals surface area contributed by atoms with Gasteiger partial charge in [0.05, 0.1) is 5.25 Å². The fourth-order valence-corrected chi connectivity index (χ4v) is 3.31. The Morgan fingerprint density at radius 3 is 2.53 bits per heavy atom. The van der Waals surface area contributed by atoms with E-state index in [1.165, 1.54) is 0 Å². The van der Waals surface area contributed by atoms with Gasteiger partial charge in [0.25, 0.3) is 0 Å². The molecule has 90 valence electrons. The molecule has 0 spiro atoms. The van der Waals surface area contributed by atoms with Crippen LogP contribution in [-0.4, -0.2) is 26.3 Å². The third-order valence-corrected chi connectivity index (χ3v) is 5.29. The molecule has 4 nitrogen and oxygen atoms in total. The highest BCUT2D eigenvalue weighted by Gasteiger charge is 2.37. The van der Waals surface area contributed by atoms with Crippen molar-refractivity contribution in [2.24, 2.45) is 11.1 Å². The van der Waals surface area contributed by atoms with Crippen LogP contribution in [0.2, 0.25) is 0 Å². The van der Waals surface area contributed by atoms with Gasteiger partial charge in [0.1, 0.15) is 0 Å². The molecule has 0 amide bonds. The molecule has 1 saturated carbocycles. The Labute approximate surface area is 92.7 Å². The van der Waals surface area contributed by atoms with Crippen molar-refractivity contribution in [1.29, 1.82) is 0 Å². The molecule has 0 saturated heterocycles. The largest absolute Gasteiger partial charge is 0.329 e. The summed E-state index contributed by atoms with van der Waals surface area (Å²) in [5, 5.41) is -0.506. The maximum atomic E-state index is 11.8. The third-order valence-electron chi connectivity index (χ3n) is 3.43. The highest BCUT2D eigenvalue weighted by atomic mass is 32.2. The smallest absolute Gasteiger partial charge is 0.215 e. The summed E-state index contributed by atoms with van der Waals surface area (Å²) in [7, 11) is -3.24. The Bertz CT molecular complexity index is 311. The summed E-state index contributed by atoms with van der Waals surface area (Å²) in [6.07, 6.45) is 3.11. The standard InChI is InChI=1S/C10H22N2O2S/c1-8(7-11)15(13,14)12-9-5-4-6-10(9,2)3/h8-9,12H,4-7,11H2,1-3H3. The predicted octanol–water partition coefficient (Wildman–Crippen LogP) is 0.832. The van der Waals surface area contributed by atoms with Gasteiger partial charge in [-0.05, 0) is 25.2 Å². The molecule has 1 aliphatic carbocycles. The van der Waals surface area contributed by atoms with E-state index in [1.807, 2.05) is 0 Å². The maximum absolute atomic E-state index is 11.8. The van der Waals surface area contributed by atoms with Crippen LogP contribution in [0.4, 0.5) is 0 Å².